The van der Waals surface area contributed by atoms with Gasteiger partial charge in [0.1, 0.15) is 37.1 Å². The molecule has 0 saturated heterocycles. The second kappa shape index (κ2) is 22.2. The fourth-order valence-corrected chi connectivity index (χ4v) is 9.69. The second-order valence-corrected chi connectivity index (χ2v) is 23.9. The predicted molar refractivity (Wildman–Crippen MR) is 236 cm³/mol. The number of carbonyl (C=O) groups excluding carboxylic acids is 1. The Balaban J connectivity index is 1.62. The summed E-state index contributed by atoms with van der Waals surface area (Å²) in [6.45, 7) is 18.7. The third-order valence-corrected chi connectivity index (χ3v) is 14.5. The number of ether oxygens (including phenoxy) is 8. The van der Waals surface area contributed by atoms with Gasteiger partial charge in [0.25, 0.3) is 0 Å². The Morgan fingerprint density at radius 1 is 0.817 bits per heavy atom. The van der Waals surface area contributed by atoms with Crippen molar-refractivity contribution in [3.05, 3.63) is 114 Å². The summed E-state index contributed by atoms with van der Waals surface area (Å²) in [5.74, 6) is -0.640. The predicted octanol–water partition coefficient (Wildman–Crippen LogP) is 9.02. The summed E-state index contributed by atoms with van der Waals surface area (Å²) in [6, 6.07) is 28.6. The molecule has 0 heterocycles. The molecule has 1 N–H and O–H groups in total. The number of hydrogen-bond donors (Lipinski definition) is 1. The molecular weight excluding hydrogens is 777 g/mol. The maximum Gasteiger partial charge on any atom is 0.165 e. The van der Waals surface area contributed by atoms with Gasteiger partial charge in [-0.1, -0.05) is 119 Å². The molecule has 4 unspecified atom stereocenters. The molecule has 330 valence electrons. The molecule has 0 radical (unpaired) electrons. The van der Waals surface area contributed by atoms with Crippen LogP contribution in [0.5, 0.6) is 5.75 Å². The Morgan fingerprint density at radius 2 is 1.40 bits per heavy atom. The lowest BCUT2D eigenvalue weighted by Crippen LogP contribution is -2.53. The van der Waals surface area contributed by atoms with Gasteiger partial charge in [-0.25, -0.2) is 0 Å². The third-order valence-electron chi connectivity index (χ3n) is 12.8. The normalized spacial score (nSPS) is 25.8. The van der Waals surface area contributed by atoms with Gasteiger partial charge in [-0.15, -0.1) is 6.58 Å². The maximum absolute atomic E-state index is 14.9. The summed E-state index contributed by atoms with van der Waals surface area (Å²) >= 11 is 0. The number of aliphatic hydroxyl groups is 1. The van der Waals surface area contributed by atoms with Gasteiger partial charge in [0, 0.05) is 33.6 Å². The first kappa shape index (κ1) is 47.8. The van der Waals surface area contributed by atoms with Crippen LogP contribution in [-0.4, -0.2) is 89.5 Å². The van der Waals surface area contributed by atoms with Crippen molar-refractivity contribution >= 4 is 13.9 Å². The zero-order valence-corrected chi connectivity index (χ0v) is 38.2. The summed E-state index contributed by atoms with van der Waals surface area (Å²) in [6.07, 6.45) is -0.652. The Labute approximate surface area is 359 Å². The molecule has 2 fully saturated rings. The van der Waals surface area contributed by atoms with E-state index in [0.29, 0.717) is 26.1 Å². The van der Waals surface area contributed by atoms with Gasteiger partial charge in [-0.3, -0.25) is 4.79 Å². The highest BCUT2D eigenvalue weighted by Gasteiger charge is 2.63. The molecule has 2 saturated carbocycles. The minimum absolute atomic E-state index is 0.00551. The van der Waals surface area contributed by atoms with Crippen molar-refractivity contribution < 1.29 is 47.8 Å². The summed E-state index contributed by atoms with van der Waals surface area (Å²) in [5, 5.41) is 12.6. The molecule has 0 amide bonds. The van der Waals surface area contributed by atoms with Crippen molar-refractivity contribution in [2.45, 2.75) is 122 Å². The standard InChI is InChI=1S/C49H70O10Si/c1-10-42(55-30-36-17-13-11-14-18-36)47(57-32-38-21-23-39(53-6)24-22-38)45(56-31-37-19-15-12-16-20-37)40-29-43(50)49(51)26-25-41(48(49,3)4)46(58-33-52-5)44(35(40)2)59-34-54-27-28-60(7,8)9/h10-24,35,40-42,44-47,51H,1,25-34H2,2-9H3/t35-,40+,41?,42+,44+,45?,46-,47?,49?/m1/s1. The zero-order valence-electron chi connectivity index (χ0n) is 37.2. The summed E-state index contributed by atoms with van der Waals surface area (Å²) in [7, 11) is 1.88. The van der Waals surface area contributed by atoms with Crippen molar-refractivity contribution in [2.24, 2.45) is 23.2 Å². The van der Waals surface area contributed by atoms with Gasteiger partial charge in [-0.05, 0) is 65.5 Å². The van der Waals surface area contributed by atoms with E-state index in [1.165, 1.54) is 0 Å². The van der Waals surface area contributed by atoms with Crippen molar-refractivity contribution in [1.82, 2.24) is 0 Å². The zero-order chi connectivity index (χ0) is 43.3. The third kappa shape index (κ3) is 12.2. The van der Waals surface area contributed by atoms with Gasteiger partial charge >= 0.3 is 0 Å². The number of ketones is 1. The molecule has 10 nitrogen and oxygen atoms in total. The molecule has 2 aliphatic carbocycles. The van der Waals surface area contributed by atoms with Gasteiger partial charge in [0.15, 0.2) is 5.78 Å². The molecule has 9 atom stereocenters. The highest BCUT2D eigenvalue weighted by molar-refractivity contribution is 6.76. The van der Waals surface area contributed by atoms with Crippen LogP contribution in [0, 0.1) is 23.2 Å². The van der Waals surface area contributed by atoms with Crippen molar-refractivity contribution in [1.29, 1.82) is 0 Å². The Kier molecular flexibility index (Phi) is 17.7. The van der Waals surface area contributed by atoms with Crippen LogP contribution in [0.15, 0.2) is 97.6 Å². The number of fused-ring (bicyclic) bond motifs is 2. The minimum atomic E-state index is -1.61. The van der Waals surface area contributed by atoms with Crippen LogP contribution in [0.25, 0.3) is 0 Å². The smallest absolute Gasteiger partial charge is 0.165 e. The van der Waals surface area contributed by atoms with Crippen LogP contribution in [0.2, 0.25) is 25.7 Å². The van der Waals surface area contributed by atoms with Crippen molar-refractivity contribution in [3.63, 3.8) is 0 Å². The largest absolute Gasteiger partial charge is 0.497 e. The Bertz CT molecular complexity index is 1730. The fourth-order valence-electron chi connectivity index (χ4n) is 8.94. The van der Waals surface area contributed by atoms with Gasteiger partial charge < -0.3 is 43.0 Å². The highest BCUT2D eigenvalue weighted by Crippen LogP contribution is 2.56. The average molecular weight is 847 g/mol. The molecular formula is C49H70O10Si. The van der Waals surface area contributed by atoms with Crippen LogP contribution in [0.4, 0.5) is 0 Å². The topological polar surface area (TPSA) is 111 Å². The first-order valence-corrected chi connectivity index (χ1v) is 25.2. The number of benzene rings is 3. The number of carbonyl (C=O) groups is 1. The summed E-state index contributed by atoms with van der Waals surface area (Å²) in [4.78, 5) is 14.9. The van der Waals surface area contributed by atoms with Gasteiger partial charge in [-0.2, -0.15) is 0 Å². The minimum Gasteiger partial charge on any atom is -0.497 e. The molecule has 11 heteroatoms. The lowest BCUT2D eigenvalue weighted by Gasteiger charge is -2.44. The van der Waals surface area contributed by atoms with Gasteiger partial charge in [0.05, 0.1) is 45.2 Å². The highest BCUT2D eigenvalue weighted by atomic mass is 28.3. The molecule has 5 rings (SSSR count). The van der Waals surface area contributed by atoms with Crippen LogP contribution in [-0.2, 0) is 57.8 Å². The summed E-state index contributed by atoms with van der Waals surface area (Å²) in [5.41, 5.74) is 0.419. The number of methoxy groups -OCH3 is 2. The van der Waals surface area contributed by atoms with E-state index in [1.807, 2.05) is 98.8 Å². The fraction of sp³-hybridized carbons (Fsp3) is 0.571. The van der Waals surface area contributed by atoms with Gasteiger partial charge in [0.2, 0.25) is 0 Å². The molecule has 3 aromatic carbocycles. The molecule has 3 aromatic rings. The first-order chi connectivity index (χ1) is 28.7. The average Bonchev–Trinajstić information content (AvgIpc) is 3.49. The maximum atomic E-state index is 14.9. The molecule has 0 spiro atoms. The van der Waals surface area contributed by atoms with E-state index in [-0.39, 0.29) is 50.8 Å². The lowest BCUT2D eigenvalue weighted by atomic mass is 9.68. The van der Waals surface area contributed by atoms with E-state index >= 15 is 0 Å². The van der Waals surface area contributed by atoms with E-state index in [1.54, 1.807) is 20.3 Å². The van der Waals surface area contributed by atoms with Crippen molar-refractivity contribution in [2.75, 3.05) is 34.4 Å². The molecule has 60 heavy (non-hydrogen) atoms. The Morgan fingerprint density at radius 3 is 1.98 bits per heavy atom. The van der Waals surface area contributed by atoms with E-state index in [4.69, 9.17) is 37.9 Å². The molecule has 0 aliphatic heterocycles. The van der Waals surface area contributed by atoms with E-state index in [0.717, 1.165) is 28.5 Å². The molecule has 2 aliphatic rings. The van der Waals surface area contributed by atoms with E-state index < -0.39 is 55.5 Å². The molecule has 2 bridgehead atoms. The SMILES string of the molecule is C=C[C@H](OCc1ccccc1)C(OCc1ccc(OC)cc1)C(OCc1ccccc1)[C@H]1CC(=O)C2(O)CCC([C@@H](OCOC)[C@@H](OCOCC[Si](C)(C)C)[C@@H]1C)C2(C)C. The van der Waals surface area contributed by atoms with E-state index in [9.17, 15) is 9.90 Å². The monoisotopic (exact) mass is 846 g/mol. The number of rotatable bonds is 23. The summed E-state index contributed by atoms with van der Waals surface area (Å²) < 4.78 is 51.4. The van der Waals surface area contributed by atoms with Crippen LogP contribution >= 0.6 is 0 Å². The lowest BCUT2D eigenvalue weighted by molar-refractivity contribution is -0.215. The Hall–Kier alpha value is -3.23. The van der Waals surface area contributed by atoms with Crippen LogP contribution in [0.1, 0.15) is 56.7 Å². The second-order valence-electron chi connectivity index (χ2n) is 18.3. The quantitative estimate of drug-likeness (QED) is 0.0430. The number of hydrogen-bond acceptors (Lipinski definition) is 10. The molecule has 0 aromatic heterocycles. The van der Waals surface area contributed by atoms with Crippen LogP contribution < -0.4 is 4.74 Å². The van der Waals surface area contributed by atoms with Crippen LogP contribution in [0.3, 0.4) is 0 Å². The van der Waals surface area contributed by atoms with E-state index in [2.05, 4.69) is 33.1 Å². The first-order valence-electron chi connectivity index (χ1n) is 21.5. The number of Topliss-reactive ketones (excluding diaryl/α,β-unsaturated/α-hetero) is 1. The van der Waals surface area contributed by atoms with Crippen molar-refractivity contribution in [3.8, 4) is 5.75 Å².